The number of aryl methyl sites for hydroxylation is 1. The second-order valence-electron chi connectivity index (χ2n) is 5.95. The Hall–Kier alpha value is -0.810. The molecule has 0 saturated heterocycles. The normalized spacial score (nSPS) is 22.3. The van der Waals surface area contributed by atoms with Crippen LogP contribution in [-0.4, -0.2) is 41.6 Å². The van der Waals surface area contributed by atoms with Gasteiger partial charge in [-0.05, 0) is 61.1 Å². The number of nitrogens with zero attached hydrogens (tertiary/aromatic N) is 2. The number of halogens is 1. The summed E-state index contributed by atoms with van der Waals surface area (Å²) >= 11 is 3.48. The van der Waals surface area contributed by atoms with E-state index in [1.165, 1.54) is 0 Å². The van der Waals surface area contributed by atoms with Crippen LogP contribution in [0.15, 0.2) is 16.7 Å². The van der Waals surface area contributed by atoms with E-state index >= 15 is 0 Å². The van der Waals surface area contributed by atoms with Gasteiger partial charge in [0.1, 0.15) is 5.69 Å². The van der Waals surface area contributed by atoms with Crippen molar-refractivity contribution < 1.29 is 4.79 Å². The first-order valence-corrected chi connectivity index (χ1v) is 8.66. The minimum Gasteiger partial charge on any atom is -0.342 e. The Morgan fingerprint density at radius 1 is 1.43 bits per heavy atom. The fourth-order valence-corrected chi connectivity index (χ4v) is 3.64. The summed E-state index contributed by atoms with van der Waals surface area (Å²) in [5.74, 6) is 0.141. The van der Waals surface area contributed by atoms with Gasteiger partial charge >= 0.3 is 0 Å². The van der Waals surface area contributed by atoms with Gasteiger partial charge in [0, 0.05) is 36.3 Å². The molecule has 0 unspecified atom stereocenters. The Morgan fingerprint density at radius 3 is 2.67 bits per heavy atom. The molecule has 1 fully saturated rings. The molecule has 1 heterocycles. The molecule has 1 aliphatic rings. The SMILES string of the molecule is CCCn1cc(Br)cc1C(=O)N(C)C1CCC(NC)CC1. The Balaban J connectivity index is 2.05. The topological polar surface area (TPSA) is 37.3 Å². The second-order valence-corrected chi connectivity index (χ2v) is 6.86. The van der Waals surface area contributed by atoms with E-state index in [2.05, 4.69) is 32.7 Å². The van der Waals surface area contributed by atoms with E-state index in [0.29, 0.717) is 12.1 Å². The average Bonchev–Trinajstić information content (AvgIpc) is 2.87. The number of amides is 1. The summed E-state index contributed by atoms with van der Waals surface area (Å²) in [7, 11) is 3.97. The molecule has 0 aliphatic heterocycles. The summed E-state index contributed by atoms with van der Waals surface area (Å²) in [4.78, 5) is 14.7. The summed E-state index contributed by atoms with van der Waals surface area (Å²) in [5, 5.41) is 3.34. The van der Waals surface area contributed by atoms with E-state index in [0.717, 1.165) is 48.8 Å². The number of aromatic nitrogens is 1. The summed E-state index contributed by atoms with van der Waals surface area (Å²) in [5.41, 5.74) is 0.793. The van der Waals surface area contributed by atoms with E-state index in [4.69, 9.17) is 0 Å². The lowest BCUT2D eigenvalue weighted by Crippen LogP contribution is -2.43. The Morgan fingerprint density at radius 2 is 2.10 bits per heavy atom. The van der Waals surface area contributed by atoms with Crippen LogP contribution in [0.25, 0.3) is 0 Å². The molecular formula is C16H26BrN3O. The summed E-state index contributed by atoms with van der Waals surface area (Å²) in [6.45, 7) is 3.01. The zero-order chi connectivity index (χ0) is 15.4. The largest absolute Gasteiger partial charge is 0.342 e. The number of hydrogen-bond donors (Lipinski definition) is 1. The van der Waals surface area contributed by atoms with Crippen LogP contribution in [0.4, 0.5) is 0 Å². The molecule has 1 N–H and O–H groups in total. The van der Waals surface area contributed by atoms with Gasteiger partial charge < -0.3 is 14.8 Å². The average molecular weight is 356 g/mol. The van der Waals surface area contributed by atoms with Crippen LogP contribution in [0.3, 0.4) is 0 Å². The molecule has 1 aromatic heterocycles. The highest BCUT2D eigenvalue weighted by atomic mass is 79.9. The van der Waals surface area contributed by atoms with Crippen LogP contribution < -0.4 is 5.32 Å². The smallest absolute Gasteiger partial charge is 0.270 e. The molecular weight excluding hydrogens is 330 g/mol. The van der Waals surface area contributed by atoms with E-state index in [1.807, 2.05) is 31.3 Å². The van der Waals surface area contributed by atoms with Crippen molar-refractivity contribution in [3.63, 3.8) is 0 Å². The monoisotopic (exact) mass is 355 g/mol. The zero-order valence-electron chi connectivity index (χ0n) is 13.2. The van der Waals surface area contributed by atoms with E-state index in [-0.39, 0.29) is 5.91 Å². The van der Waals surface area contributed by atoms with Crippen LogP contribution in [-0.2, 0) is 6.54 Å². The first kappa shape index (κ1) is 16.6. The Labute approximate surface area is 136 Å². The fourth-order valence-electron chi connectivity index (χ4n) is 3.18. The number of carbonyl (C=O) groups is 1. The molecule has 0 bridgehead atoms. The van der Waals surface area contributed by atoms with Crippen LogP contribution in [0.5, 0.6) is 0 Å². The maximum absolute atomic E-state index is 12.8. The van der Waals surface area contributed by atoms with Crippen LogP contribution in [0.1, 0.15) is 49.5 Å². The first-order valence-electron chi connectivity index (χ1n) is 7.86. The quantitative estimate of drug-likeness (QED) is 0.879. The number of rotatable bonds is 5. The number of carbonyl (C=O) groups excluding carboxylic acids is 1. The summed E-state index contributed by atoms with van der Waals surface area (Å²) < 4.78 is 3.04. The van der Waals surface area contributed by atoms with Gasteiger partial charge in [0.05, 0.1) is 0 Å². The standard InChI is InChI=1S/C16H26BrN3O/c1-4-9-20-11-12(17)10-15(20)16(21)19(3)14-7-5-13(18-2)6-8-14/h10-11,13-14,18H,4-9H2,1-3H3. The third kappa shape index (κ3) is 3.89. The molecule has 0 spiro atoms. The first-order chi connectivity index (χ1) is 10.1. The highest BCUT2D eigenvalue weighted by molar-refractivity contribution is 9.10. The van der Waals surface area contributed by atoms with Crippen molar-refractivity contribution in [2.45, 2.75) is 57.7 Å². The van der Waals surface area contributed by atoms with Crippen molar-refractivity contribution in [3.05, 3.63) is 22.4 Å². The summed E-state index contributed by atoms with van der Waals surface area (Å²) in [6, 6.07) is 2.92. The minimum atomic E-state index is 0.141. The predicted molar refractivity (Wildman–Crippen MR) is 89.6 cm³/mol. The molecule has 1 saturated carbocycles. The molecule has 1 aromatic rings. The van der Waals surface area contributed by atoms with E-state index < -0.39 is 0 Å². The van der Waals surface area contributed by atoms with Crippen molar-refractivity contribution in [3.8, 4) is 0 Å². The molecule has 1 aliphatic carbocycles. The molecule has 1 amide bonds. The Bertz CT molecular complexity index is 478. The molecule has 0 radical (unpaired) electrons. The van der Waals surface area contributed by atoms with Crippen molar-refractivity contribution >= 4 is 21.8 Å². The van der Waals surface area contributed by atoms with Crippen LogP contribution >= 0.6 is 15.9 Å². The van der Waals surface area contributed by atoms with Gasteiger partial charge in [-0.15, -0.1) is 0 Å². The third-order valence-electron chi connectivity index (χ3n) is 4.52. The maximum Gasteiger partial charge on any atom is 0.270 e. The van der Waals surface area contributed by atoms with Gasteiger partial charge in [-0.1, -0.05) is 6.92 Å². The lowest BCUT2D eigenvalue weighted by molar-refractivity contribution is 0.0674. The maximum atomic E-state index is 12.8. The van der Waals surface area contributed by atoms with Gasteiger partial charge in [-0.2, -0.15) is 0 Å². The van der Waals surface area contributed by atoms with Crippen LogP contribution in [0.2, 0.25) is 0 Å². The van der Waals surface area contributed by atoms with Crippen molar-refractivity contribution in [1.82, 2.24) is 14.8 Å². The molecule has 2 rings (SSSR count). The molecule has 5 heteroatoms. The molecule has 0 atom stereocenters. The van der Waals surface area contributed by atoms with Crippen molar-refractivity contribution in [2.24, 2.45) is 0 Å². The van der Waals surface area contributed by atoms with Gasteiger partial charge in [0.15, 0.2) is 0 Å². The van der Waals surface area contributed by atoms with Crippen molar-refractivity contribution in [1.29, 1.82) is 0 Å². The molecule has 0 aromatic carbocycles. The van der Waals surface area contributed by atoms with Gasteiger partial charge in [0.25, 0.3) is 5.91 Å². The number of hydrogen-bond acceptors (Lipinski definition) is 2. The van der Waals surface area contributed by atoms with Gasteiger partial charge in [-0.3, -0.25) is 4.79 Å². The van der Waals surface area contributed by atoms with Gasteiger partial charge in [-0.25, -0.2) is 0 Å². The second kappa shape index (κ2) is 7.45. The van der Waals surface area contributed by atoms with Crippen LogP contribution in [0, 0.1) is 0 Å². The van der Waals surface area contributed by atoms with E-state index in [9.17, 15) is 4.79 Å². The van der Waals surface area contributed by atoms with Crippen molar-refractivity contribution in [2.75, 3.05) is 14.1 Å². The molecule has 118 valence electrons. The summed E-state index contributed by atoms with van der Waals surface area (Å²) in [6.07, 6.45) is 7.50. The molecule has 21 heavy (non-hydrogen) atoms. The number of nitrogens with one attached hydrogen (secondary N) is 1. The lowest BCUT2D eigenvalue weighted by atomic mass is 9.90. The Kier molecular flexibility index (Phi) is 5.88. The highest BCUT2D eigenvalue weighted by Gasteiger charge is 2.27. The van der Waals surface area contributed by atoms with Gasteiger partial charge in [0.2, 0.25) is 0 Å². The fraction of sp³-hybridized carbons (Fsp3) is 0.688. The molecule has 4 nitrogen and oxygen atoms in total. The minimum absolute atomic E-state index is 0.141. The highest BCUT2D eigenvalue weighted by Crippen LogP contribution is 2.24. The van der Waals surface area contributed by atoms with E-state index in [1.54, 1.807) is 0 Å². The third-order valence-corrected chi connectivity index (χ3v) is 4.95. The lowest BCUT2D eigenvalue weighted by Gasteiger charge is -2.34. The predicted octanol–water partition coefficient (Wildman–Crippen LogP) is 3.26. The zero-order valence-corrected chi connectivity index (χ0v) is 14.8.